The van der Waals surface area contributed by atoms with Crippen molar-refractivity contribution in [2.24, 2.45) is 0 Å². The fraction of sp³-hybridized carbons (Fsp3) is 0.304. The molecule has 0 bridgehead atoms. The van der Waals surface area contributed by atoms with Crippen molar-refractivity contribution in [3.63, 3.8) is 0 Å². The molecule has 0 aliphatic carbocycles. The summed E-state index contributed by atoms with van der Waals surface area (Å²) in [5.41, 5.74) is 1.01. The second kappa shape index (κ2) is 8.82. The number of sulfonamides is 1. The number of hydrogen-bond donors (Lipinski definition) is 0. The largest absolute Gasteiger partial charge is 0.367 e. The number of amides is 1. The van der Waals surface area contributed by atoms with Gasteiger partial charge in [0.05, 0.1) is 29.3 Å². The zero-order chi connectivity index (χ0) is 22.9. The number of terminal acetylenes is 1. The molecule has 0 spiro atoms. The molecule has 1 atom stereocenters. The van der Waals surface area contributed by atoms with Gasteiger partial charge in [0, 0.05) is 12.6 Å². The number of rotatable bonds is 7. The Labute approximate surface area is 185 Å². The Balaban J connectivity index is 1.60. The first-order valence-corrected chi connectivity index (χ1v) is 11.5. The van der Waals surface area contributed by atoms with Gasteiger partial charge < -0.3 is 9.64 Å². The second-order valence-electron chi connectivity index (χ2n) is 7.66. The molecule has 4 rings (SSSR count). The van der Waals surface area contributed by atoms with Gasteiger partial charge in [-0.1, -0.05) is 18.1 Å². The van der Waals surface area contributed by atoms with Crippen molar-refractivity contribution in [3.05, 3.63) is 59.4 Å². The van der Waals surface area contributed by atoms with E-state index in [-0.39, 0.29) is 36.3 Å². The molecule has 0 aromatic heterocycles. The molecule has 2 aromatic carbocycles. The minimum atomic E-state index is -3.89. The maximum atomic E-state index is 13.3. The summed E-state index contributed by atoms with van der Waals surface area (Å²) in [6.07, 6.45) is 6.52. The Morgan fingerprint density at radius 1 is 1.16 bits per heavy atom. The van der Waals surface area contributed by atoms with Crippen molar-refractivity contribution < 1.29 is 27.1 Å². The Morgan fingerprint density at radius 3 is 2.62 bits per heavy atom. The first kappa shape index (κ1) is 22.1. The molecule has 1 amide bonds. The van der Waals surface area contributed by atoms with E-state index in [1.54, 1.807) is 0 Å². The monoisotopic (exact) mass is 456 g/mol. The molecule has 166 valence electrons. The van der Waals surface area contributed by atoms with E-state index in [0.717, 1.165) is 0 Å². The van der Waals surface area contributed by atoms with Gasteiger partial charge in [-0.2, -0.15) is 4.31 Å². The molecule has 0 radical (unpaired) electrons. The van der Waals surface area contributed by atoms with Crippen LogP contribution in [-0.4, -0.2) is 50.2 Å². The van der Waals surface area contributed by atoms with Gasteiger partial charge in [-0.25, -0.2) is 12.8 Å². The van der Waals surface area contributed by atoms with Crippen molar-refractivity contribution in [2.45, 2.75) is 30.3 Å². The SMILES string of the molecule is C#CCOC[C@@H]1CCCN1S(=O)(=O)c1ccc2c(c1)C(=O)C(=O)N2Cc1ccc(F)cc1. The first-order valence-electron chi connectivity index (χ1n) is 10.1. The highest BCUT2D eigenvalue weighted by Gasteiger charge is 2.39. The topological polar surface area (TPSA) is 84.0 Å². The number of Topliss-reactive ketones (excluding diaryl/α,β-unsaturated/α-hetero) is 1. The summed E-state index contributed by atoms with van der Waals surface area (Å²) < 4.78 is 46.4. The molecule has 1 saturated heterocycles. The zero-order valence-corrected chi connectivity index (χ0v) is 18.0. The average molecular weight is 456 g/mol. The van der Waals surface area contributed by atoms with Gasteiger partial charge >= 0.3 is 0 Å². The fourth-order valence-corrected chi connectivity index (χ4v) is 5.76. The number of carbonyl (C=O) groups is 2. The van der Waals surface area contributed by atoms with E-state index in [0.29, 0.717) is 30.6 Å². The van der Waals surface area contributed by atoms with E-state index >= 15 is 0 Å². The number of halogens is 1. The van der Waals surface area contributed by atoms with Crippen LogP contribution < -0.4 is 4.90 Å². The van der Waals surface area contributed by atoms with Crippen LogP contribution in [0, 0.1) is 18.2 Å². The summed E-state index contributed by atoms with van der Waals surface area (Å²) in [5, 5.41) is 0. The third-order valence-corrected chi connectivity index (χ3v) is 7.57. The van der Waals surface area contributed by atoms with E-state index < -0.39 is 27.5 Å². The molecular formula is C23H21FN2O5S. The number of benzene rings is 2. The lowest BCUT2D eigenvalue weighted by atomic mass is 10.1. The molecular weight excluding hydrogens is 435 g/mol. The smallest absolute Gasteiger partial charge is 0.299 e. The van der Waals surface area contributed by atoms with Crippen LogP contribution in [0.15, 0.2) is 47.4 Å². The highest BCUT2D eigenvalue weighted by molar-refractivity contribution is 7.89. The number of anilines is 1. The van der Waals surface area contributed by atoms with Crippen LogP contribution in [0.1, 0.15) is 28.8 Å². The van der Waals surface area contributed by atoms with Crippen molar-refractivity contribution >= 4 is 27.4 Å². The van der Waals surface area contributed by atoms with E-state index in [2.05, 4.69) is 5.92 Å². The first-order chi connectivity index (χ1) is 15.3. The van der Waals surface area contributed by atoms with E-state index in [4.69, 9.17) is 11.2 Å². The summed E-state index contributed by atoms with van der Waals surface area (Å²) in [6.45, 7) is 0.707. The third kappa shape index (κ3) is 4.05. The normalized spacial score (nSPS) is 18.8. The number of nitrogens with zero attached hydrogens (tertiary/aromatic N) is 2. The lowest BCUT2D eigenvalue weighted by Gasteiger charge is -2.24. The number of fused-ring (bicyclic) bond motifs is 1. The predicted octanol–water partition coefficient (Wildman–Crippen LogP) is 2.36. The number of hydrogen-bond acceptors (Lipinski definition) is 5. The van der Waals surface area contributed by atoms with Gasteiger partial charge in [-0.15, -0.1) is 6.42 Å². The summed E-state index contributed by atoms with van der Waals surface area (Å²) in [6, 6.07) is 9.38. The average Bonchev–Trinajstić information content (AvgIpc) is 3.35. The molecule has 0 unspecified atom stereocenters. The molecule has 2 aliphatic rings. The number of ether oxygens (including phenoxy) is 1. The van der Waals surface area contributed by atoms with Crippen LogP contribution >= 0.6 is 0 Å². The summed E-state index contributed by atoms with van der Waals surface area (Å²) in [4.78, 5) is 26.4. The van der Waals surface area contributed by atoms with Gasteiger partial charge in [0.1, 0.15) is 12.4 Å². The van der Waals surface area contributed by atoms with E-state index in [1.807, 2.05) is 0 Å². The molecule has 9 heteroatoms. The van der Waals surface area contributed by atoms with Crippen LogP contribution in [0.3, 0.4) is 0 Å². The van der Waals surface area contributed by atoms with Gasteiger partial charge in [0.25, 0.3) is 11.7 Å². The van der Waals surface area contributed by atoms with Crippen molar-refractivity contribution in [1.82, 2.24) is 4.31 Å². The van der Waals surface area contributed by atoms with Gasteiger partial charge in [-0.3, -0.25) is 9.59 Å². The molecule has 0 N–H and O–H groups in total. The number of ketones is 1. The van der Waals surface area contributed by atoms with E-state index in [9.17, 15) is 22.4 Å². The Morgan fingerprint density at radius 2 is 1.91 bits per heavy atom. The molecule has 2 aliphatic heterocycles. The maximum absolute atomic E-state index is 13.3. The lowest BCUT2D eigenvalue weighted by Crippen LogP contribution is -2.38. The van der Waals surface area contributed by atoms with Crippen LogP contribution in [0.25, 0.3) is 0 Å². The zero-order valence-electron chi connectivity index (χ0n) is 17.2. The summed E-state index contributed by atoms with van der Waals surface area (Å²) >= 11 is 0. The molecule has 32 heavy (non-hydrogen) atoms. The minimum absolute atomic E-state index is 0.0394. The quantitative estimate of drug-likeness (QED) is 0.363. The highest BCUT2D eigenvalue weighted by atomic mass is 32.2. The van der Waals surface area contributed by atoms with Gasteiger partial charge in [-0.05, 0) is 48.7 Å². The minimum Gasteiger partial charge on any atom is -0.367 e. The number of carbonyl (C=O) groups excluding carboxylic acids is 2. The van der Waals surface area contributed by atoms with Crippen molar-refractivity contribution in [3.8, 4) is 12.3 Å². The van der Waals surface area contributed by atoms with Crippen molar-refractivity contribution in [1.29, 1.82) is 0 Å². The van der Waals surface area contributed by atoms with Gasteiger partial charge in [0.15, 0.2) is 0 Å². The van der Waals surface area contributed by atoms with Crippen LogP contribution in [0.5, 0.6) is 0 Å². The molecule has 7 nitrogen and oxygen atoms in total. The fourth-order valence-electron chi connectivity index (χ4n) is 4.05. The lowest BCUT2D eigenvalue weighted by molar-refractivity contribution is -0.114. The molecule has 2 aromatic rings. The van der Waals surface area contributed by atoms with E-state index in [1.165, 1.54) is 51.7 Å². The van der Waals surface area contributed by atoms with Gasteiger partial charge in [0.2, 0.25) is 10.0 Å². The van der Waals surface area contributed by atoms with Crippen LogP contribution in [0.4, 0.5) is 10.1 Å². The maximum Gasteiger partial charge on any atom is 0.299 e. The Bertz CT molecular complexity index is 1200. The highest BCUT2D eigenvalue weighted by Crippen LogP contribution is 2.34. The van der Waals surface area contributed by atoms with Crippen molar-refractivity contribution in [2.75, 3.05) is 24.7 Å². The predicted molar refractivity (Wildman–Crippen MR) is 115 cm³/mol. The molecule has 0 saturated carbocycles. The summed E-state index contributed by atoms with van der Waals surface area (Å²) in [5.74, 6) is 0.432. The summed E-state index contributed by atoms with van der Waals surface area (Å²) in [7, 11) is -3.89. The third-order valence-electron chi connectivity index (χ3n) is 5.62. The van der Waals surface area contributed by atoms with Crippen LogP contribution in [0.2, 0.25) is 0 Å². The Hall–Kier alpha value is -3.06. The standard InChI is InChI=1S/C23H21FN2O5S/c1-2-12-31-15-18-4-3-11-26(18)32(29,30)19-9-10-21-20(13-19)22(27)23(28)25(21)14-16-5-7-17(24)8-6-16/h1,5-10,13,18H,3-4,11-12,14-15H2/t18-/m0/s1. The molecule has 1 fully saturated rings. The second-order valence-corrected chi connectivity index (χ2v) is 9.55. The Kier molecular flexibility index (Phi) is 6.11. The van der Waals surface area contributed by atoms with Crippen LogP contribution in [-0.2, 0) is 26.1 Å². The molecule has 2 heterocycles.